The van der Waals surface area contributed by atoms with Gasteiger partial charge in [0.1, 0.15) is 5.82 Å². The van der Waals surface area contributed by atoms with E-state index in [1.807, 2.05) is 4.90 Å². The molecule has 2 heterocycles. The Bertz CT molecular complexity index is 726. The largest absolute Gasteiger partial charge is 0.335 e. The number of hydrogen-bond acceptors (Lipinski definition) is 3. The number of thiophene rings is 1. The first-order valence-electron chi connectivity index (χ1n) is 9.38. The summed E-state index contributed by atoms with van der Waals surface area (Å²) in [6.07, 6.45) is 2.78. The molecule has 1 aliphatic rings. The van der Waals surface area contributed by atoms with Crippen LogP contribution in [-0.2, 0) is 11.3 Å². The Morgan fingerprint density at radius 1 is 1.26 bits per heavy atom. The molecule has 0 bridgehead atoms. The minimum atomic E-state index is -0.223. The maximum absolute atomic E-state index is 13.1. The van der Waals surface area contributed by atoms with Gasteiger partial charge in [0.05, 0.1) is 6.54 Å². The number of rotatable bonds is 7. The van der Waals surface area contributed by atoms with Crippen LogP contribution in [0.2, 0.25) is 0 Å². The third-order valence-electron chi connectivity index (χ3n) is 4.99. The van der Waals surface area contributed by atoms with Crippen molar-refractivity contribution in [1.82, 2.24) is 10.2 Å². The van der Waals surface area contributed by atoms with Crippen LogP contribution in [0.15, 0.2) is 36.4 Å². The molecule has 6 heteroatoms. The van der Waals surface area contributed by atoms with E-state index in [1.54, 1.807) is 23.5 Å². The van der Waals surface area contributed by atoms with Crippen molar-refractivity contribution in [2.75, 3.05) is 13.1 Å². The van der Waals surface area contributed by atoms with E-state index in [4.69, 9.17) is 0 Å². The Morgan fingerprint density at radius 2 is 2.00 bits per heavy atom. The molecule has 0 spiro atoms. The van der Waals surface area contributed by atoms with Crippen LogP contribution in [0.4, 0.5) is 4.39 Å². The lowest BCUT2D eigenvalue weighted by atomic mass is 10.0. The molecule has 0 saturated carbocycles. The number of carbonyl (C=O) groups is 1. The Labute approximate surface area is 171 Å². The molecular weight excluding hydrogens is 383 g/mol. The highest BCUT2D eigenvalue weighted by Crippen LogP contribution is 2.29. The highest BCUT2D eigenvalue weighted by molar-refractivity contribution is 7.15. The van der Waals surface area contributed by atoms with E-state index < -0.39 is 0 Å². The molecule has 3 rings (SSSR count). The third kappa shape index (κ3) is 6.03. The predicted octanol–water partition coefficient (Wildman–Crippen LogP) is 5.10. The summed E-state index contributed by atoms with van der Waals surface area (Å²) in [6.45, 7) is 6.91. The van der Waals surface area contributed by atoms with Crippen LogP contribution >= 0.6 is 23.7 Å². The number of benzene rings is 1. The van der Waals surface area contributed by atoms with Crippen LogP contribution in [0.25, 0.3) is 10.4 Å². The molecule has 0 aliphatic carbocycles. The average molecular weight is 411 g/mol. The molecule has 2 aromatic rings. The molecule has 0 radical (unpaired) electrons. The first-order valence-corrected chi connectivity index (χ1v) is 10.2. The summed E-state index contributed by atoms with van der Waals surface area (Å²) in [5, 5.41) is 3.36. The number of halogens is 2. The van der Waals surface area contributed by atoms with E-state index in [0.717, 1.165) is 34.8 Å². The van der Waals surface area contributed by atoms with Crippen molar-refractivity contribution in [1.29, 1.82) is 0 Å². The molecule has 3 nitrogen and oxygen atoms in total. The smallest absolute Gasteiger partial charge is 0.223 e. The molecule has 1 aromatic heterocycles. The van der Waals surface area contributed by atoms with Crippen LogP contribution < -0.4 is 5.32 Å². The standard InChI is InChI=1S/C21H27FN2OS.ClH/c1-15(2)24(21(25)10-3-16-11-12-23-13-16)14-19-8-9-20(26-19)17-4-6-18(22)7-5-17;/h4-9,15-16,23H,3,10-14H2,1-2H3;1H. The zero-order chi connectivity index (χ0) is 18.5. The molecule has 148 valence electrons. The Morgan fingerprint density at radius 3 is 2.63 bits per heavy atom. The van der Waals surface area contributed by atoms with Crippen molar-refractivity contribution >= 4 is 29.7 Å². The quantitative estimate of drug-likeness (QED) is 0.688. The van der Waals surface area contributed by atoms with Gasteiger partial charge in [-0.2, -0.15) is 0 Å². The van der Waals surface area contributed by atoms with Gasteiger partial charge in [-0.15, -0.1) is 23.7 Å². The van der Waals surface area contributed by atoms with Crippen LogP contribution in [0.5, 0.6) is 0 Å². The summed E-state index contributed by atoms with van der Waals surface area (Å²) in [5.41, 5.74) is 1.01. The Kier molecular flexibility index (Phi) is 8.27. The maximum Gasteiger partial charge on any atom is 0.223 e. The topological polar surface area (TPSA) is 32.3 Å². The zero-order valence-corrected chi connectivity index (χ0v) is 17.5. The fraction of sp³-hybridized carbons (Fsp3) is 0.476. The molecule has 1 aliphatic heterocycles. The van der Waals surface area contributed by atoms with Gasteiger partial charge in [-0.3, -0.25) is 4.79 Å². The molecule has 1 saturated heterocycles. The molecule has 1 unspecified atom stereocenters. The predicted molar refractivity (Wildman–Crippen MR) is 113 cm³/mol. The number of nitrogens with zero attached hydrogens (tertiary/aromatic N) is 1. The monoisotopic (exact) mass is 410 g/mol. The summed E-state index contributed by atoms with van der Waals surface area (Å²) in [4.78, 5) is 17.0. The van der Waals surface area contributed by atoms with Crippen molar-refractivity contribution in [3.05, 3.63) is 47.1 Å². The second-order valence-corrected chi connectivity index (χ2v) is 8.45. The van der Waals surface area contributed by atoms with E-state index in [-0.39, 0.29) is 30.2 Å². The first-order chi connectivity index (χ1) is 12.5. The van der Waals surface area contributed by atoms with E-state index in [1.165, 1.54) is 18.6 Å². The van der Waals surface area contributed by atoms with Gasteiger partial charge in [-0.25, -0.2) is 4.39 Å². The maximum atomic E-state index is 13.1. The van der Waals surface area contributed by atoms with Crippen LogP contribution in [0.1, 0.15) is 38.0 Å². The van der Waals surface area contributed by atoms with Crippen molar-refractivity contribution in [3.8, 4) is 10.4 Å². The van der Waals surface area contributed by atoms with Crippen molar-refractivity contribution < 1.29 is 9.18 Å². The fourth-order valence-electron chi connectivity index (χ4n) is 3.39. The highest BCUT2D eigenvalue weighted by Gasteiger charge is 2.21. The Balaban J connectivity index is 0.00000261. The van der Waals surface area contributed by atoms with E-state index in [0.29, 0.717) is 18.9 Å². The van der Waals surface area contributed by atoms with Gasteiger partial charge in [0, 0.05) is 22.2 Å². The minimum Gasteiger partial charge on any atom is -0.335 e. The third-order valence-corrected chi connectivity index (χ3v) is 6.11. The minimum absolute atomic E-state index is 0. The molecule has 1 atom stereocenters. The molecule has 1 aromatic carbocycles. The number of hydrogen-bond donors (Lipinski definition) is 1. The lowest BCUT2D eigenvalue weighted by Crippen LogP contribution is -2.36. The van der Waals surface area contributed by atoms with E-state index >= 15 is 0 Å². The van der Waals surface area contributed by atoms with Crippen LogP contribution in [0, 0.1) is 11.7 Å². The molecule has 1 amide bonds. The average Bonchev–Trinajstić information content (AvgIpc) is 3.30. The summed E-state index contributed by atoms with van der Waals surface area (Å²) in [7, 11) is 0. The number of amides is 1. The molecule has 1 fully saturated rings. The molecule has 1 N–H and O–H groups in total. The summed E-state index contributed by atoms with van der Waals surface area (Å²) >= 11 is 1.67. The van der Waals surface area contributed by atoms with Crippen LogP contribution in [0.3, 0.4) is 0 Å². The first kappa shape index (κ1) is 21.9. The number of carbonyl (C=O) groups excluding carboxylic acids is 1. The normalized spacial score (nSPS) is 16.4. The lowest BCUT2D eigenvalue weighted by Gasteiger charge is -2.27. The van der Waals surface area contributed by atoms with Crippen molar-refractivity contribution in [2.45, 2.75) is 45.7 Å². The van der Waals surface area contributed by atoms with Crippen LogP contribution in [-0.4, -0.2) is 29.9 Å². The van der Waals surface area contributed by atoms with Crippen molar-refractivity contribution in [2.24, 2.45) is 5.92 Å². The zero-order valence-electron chi connectivity index (χ0n) is 15.9. The van der Waals surface area contributed by atoms with E-state index in [9.17, 15) is 9.18 Å². The van der Waals surface area contributed by atoms with E-state index in [2.05, 4.69) is 31.3 Å². The second-order valence-electron chi connectivity index (χ2n) is 7.29. The van der Waals surface area contributed by atoms with Gasteiger partial charge in [0.2, 0.25) is 5.91 Å². The van der Waals surface area contributed by atoms with Gasteiger partial charge in [-0.1, -0.05) is 12.1 Å². The Hall–Kier alpha value is -1.43. The summed E-state index contributed by atoms with van der Waals surface area (Å²) in [6, 6.07) is 10.9. The highest BCUT2D eigenvalue weighted by atomic mass is 35.5. The summed E-state index contributed by atoms with van der Waals surface area (Å²) in [5.74, 6) is 0.656. The van der Waals surface area contributed by atoms with Crippen molar-refractivity contribution in [3.63, 3.8) is 0 Å². The van der Waals surface area contributed by atoms with Gasteiger partial charge in [0.15, 0.2) is 0 Å². The second kappa shape index (κ2) is 10.2. The SMILES string of the molecule is CC(C)N(Cc1ccc(-c2ccc(F)cc2)s1)C(=O)CCC1CCNC1.Cl. The summed E-state index contributed by atoms with van der Waals surface area (Å²) < 4.78 is 13.1. The number of nitrogens with one attached hydrogen (secondary N) is 1. The van der Waals surface area contributed by atoms with Gasteiger partial charge < -0.3 is 10.2 Å². The van der Waals surface area contributed by atoms with Gasteiger partial charge in [0.25, 0.3) is 0 Å². The fourth-order valence-corrected chi connectivity index (χ4v) is 4.40. The molecule has 27 heavy (non-hydrogen) atoms. The van der Waals surface area contributed by atoms with Gasteiger partial charge >= 0.3 is 0 Å². The molecular formula is C21H28ClFN2OS. The van der Waals surface area contributed by atoms with Gasteiger partial charge in [-0.05, 0) is 75.5 Å². The lowest BCUT2D eigenvalue weighted by molar-refractivity contribution is -0.133.